The fraction of sp³-hybridized carbons (Fsp3) is 0.250. The molecule has 0 amide bonds. The third-order valence-corrected chi connectivity index (χ3v) is 4.10. The van der Waals surface area contributed by atoms with Crippen molar-refractivity contribution in [3.63, 3.8) is 0 Å². The molecule has 0 aliphatic heterocycles. The van der Waals surface area contributed by atoms with Crippen molar-refractivity contribution in [1.29, 1.82) is 0 Å². The van der Waals surface area contributed by atoms with Gasteiger partial charge in [0.05, 0.1) is 10.7 Å². The molecule has 0 fully saturated rings. The van der Waals surface area contributed by atoms with Crippen molar-refractivity contribution < 1.29 is 0 Å². The Bertz CT molecular complexity index is 513. The third-order valence-electron chi connectivity index (χ3n) is 2.30. The Kier molecular flexibility index (Phi) is 4.56. The summed E-state index contributed by atoms with van der Waals surface area (Å²) in [7, 11) is 0. The molecule has 2 rings (SSSR count). The number of aryl methyl sites for hydroxylation is 1. The number of hydrogen-bond acceptors (Lipinski definition) is 3. The van der Waals surface area contributed by atoms with E-state index >= 15 is 0 Å². The molecule has 0 spiro atoms. The van der Waals surface area contributed by atoms with Crippen LogP contribution in [0.4, 0.5) is 0 Å². The van der Waals surface area contributed by atoms with E-state index in [4.69, 9.17) is 11.6 Å². The topological polar surface area (TPSA) is 24.9 Å². The fourth-order valence-corrected chi connectivity index (χ4v) is 2.92. The second-order valence-electron chi connectivity index (χ2n) is 3.70. The predicted octanol–water partition coefficient (Wildman–Crippen LogP) is 4.16. The molecule has 0 atom stereocenters. The molecule has 1 aromatic heterocycles. The Balaban J connectivity index is 1.90. The second-order valence-corrected chi connectivity index (χ2v) is 6.05. The molecule has 17 heavy (non-hydrogen) atoms. The normalized spacial score (nSPS) is 10.8. The maximum Gasteiger partial charge on any atom is 0.0897 e. The first-order valence-corrected chi connectivity index (χ1v) is 7.26. The molecule has 0 aliphatic rings. The number of thiazole rings is 1. The van der Waals surface area contributed by atoms with Gasteiger partial charge in [-0.3, -0.25) is 0 Å². The molecular formula is C12H12BrClN2S. The van der Waals surface area contributed by atoms with Crippen LogP contribution in [0.3, 0.4) is 0 Å². The van der Waals surface area contributed by atoms with Crippen molar-refractivity contribution in [1.82, 2.24) is 10.3 Å². The first-order valence-electron chi connectivity index (χ1n) is 5.21. The zero-order valence-electron chi connectivity index (χ0n) is 9.34. The van der Waals surface area contributed by atoms with Gasteiger partial charge in [-0.2, -0.15) is 0 Å². The van der Waals surface area contributed by atoms with Crippen molar-refractivity contribution in [3.05, 3.63) is 49.3 Å². The number of nitrogens with one attached hydrogen (secondary N) is 1. The lowest BCUT2D eigenvalue weighted by atomic mass is 10.2. The molecule has 0 bridgehead atoms. The number of hydrogen-bond donors (Lipinski definition) is 1. The number of halogens is 2. The Morgan fingerprint density at radius 3 is 2.88 bits per heavy atom. The van der Waals surface area contributed by atoms with Crippen LogP contribution >= 0.6 is 38.9 Å². The van der Waals surface area contributed by atoms with Gasteiger partial charge in [-0.25, -0.2) is 4.98 Å². The minimum atomic E-state index is 0.746. The van der Waals surface area contributed by atoms with E-state index in [0.717, 1.165) is 33.3 Å². The van der Waals surface area contributed by atoms with E-state index in [1.807, 2.05) is 25.1 Å². The van der Waals surface area contributed by atoms with Gasteiger partial charge < -0.3 is 5.32 Å². The van der Waals surface area contributed by atoms with Gasteiger partial charge in [0.25, 0.3) is 0 Å². The number of benzene rings is 1. The van der Waals surface area contributed by atoms with Crippen molar-refractivity contribution in [3.8, 4) is 0 Å². The van der Waals surface area contributed by atoms with Crippen LogP contribution in [-0.4, -0.2) is 4.98 Å². The second kappa shape index (κ2) is 5.96. The minimum Gasteiger partial charge on any atom is -0.307 e. The van der Waals surface area contributed by atoms with Crippen molar-refractivity contribution >= 4 is 38.9 Å². The molecule has 0 unspecified atom stereocenters. The maximum absolute atomic E-state index is 5.89. The summed E-state index contributed by atoms with van der Waals surface area (Å²) >= 11 is 11.1. The first kappa shape index (κ1) is 13.0. The van der Waals surface area contributed by atoms with Gasteiger partial charge in [0.2, 0.25) is 0 Å². The Hall–Kier alpha value is -0.420. The van der Waals surface area contributed by atoms with Gasteiger partial charge in [-0.05, 0) is 24.6 Å². The van der Waals surface area contributed by atoms with Crippen molar-refractivity contribution in [2.75, 3.05) is 0 Å². The molecule has 1 heterocycles. The summed E-state index contributed by atoms with van der Waals surface area (Å²) in [6.45, 7) is 3.61. The molecule has 2 nitrogen and oxygen atoms in total. The van der Waals surface area contributed by atoms with Gasteiger partial charge >= 0.3 is 0 Å². The Labute approximate surface area is 118 Å². The molecule has 1 aromatic carbocycles. The van der Waals surface area contributed by atoms with Crippen LogP contribution in [0.5, 0.6) is 0 Å². The minimum absolute atomic E-state index is 0.746. The summed E-state index contributed by atoms with van der Waals surface area (Å²) in [4.78, 5) is 4.40. The van der Waals surface area contributed by atoms with E-state index < -0.39 is 0 Å². The average molecular weight is 332 g/mol. The molecule has 5 heteroatoms. The molecule has 1 N–H and O–H groups in total. The van der Waals surface area contributed by atoms with Gasteiger partial charge in [0, 0.05) is 28.0 Å². The summed E-state index contributed by atoms with van der Waals surface area (Å²) in [6.07, 6.45) is 0. The van der Waals surface area contributed by atoms with Gasteiger partial charge in [0.15, 0.2) is 0 Å². The highest BCUT2D eigenvalue weighted by atomic mass is 79.9. The van der Waals surface area contributed by atoms with Crippen LogP contribution in [0.2, 0.25) is 5.02 Å². The molecule has 90 valence electrons. The summed E-state index contributed by atoms with van der Waals surface area (Å²) in [5.41, 5.74) is 2.29. The lowest BCUT2D eigenvalue weighted by molar-refractivity contribution is 0.680. The Morgan fingerprint density at radius 1 is 1.41 bits per heavy atom. The molecule has 0 saturated carbocycles. The first-order chi connectivity index (χ1) is 8.15. The van der Waals surface area contributed by atoms with Crippen LogP contribution in [0.1, 0.15) is 16.3 Å². The zero-order valence-corrected chi connectivity index (χ0v) is 12.5. The highest BCUT2D eigenvalue weighted by Gasteiger charge is 2.02. The SMILES string of the molecule is Cc1nc(CNCc2ccc(Cl)cc2Br)cs1. The van der Waals surface area contributed by atoms with E-state index in [2.05, 4.69) is 31.6 Å². The van der Waals surface area contributed by atoms with Gasteiger partial charge in [-0.1, -0.05) is 33.6 Å². The number of nitrogens with zero attached hydrogens (tertiary/aromatic N) is 1. The van der Waals surface area contributed by atoms with Crippen LogP contribution in [0.25, 0.3) is 0 Å². The zero-order chi connectivity index (χ0) is 12.3. The van der Waals surface area contributed by atoms with E-state index in [9.17, 15) is 0 Å². The van der Waals surface area contributed by atoms with Crippen LogP contribution in [0, 0.1) is 6.92 Å². The lowest BCUT2D eigenvalue weighted by Gasteiger charge is -2.06. The van der Waals surface area contributed by atoms with Crippen molar-refractivity contribution in [2.24, 2.45) is 0 Å². The van der Waals surface area contributed by atoms with E-state index in [0.29, 0.717) is 0 Å². The lowest BCUT2D eigenvalue weighted by Crippen LogP contribution is -2.13. The van der Waals surface area contributed by atoms with Gasteiger partial charge in [0.1, 0.15) is 0 Å². The summed E-state index contributed by atoms with van der Waals surface area (Å²) in [6, 6.07) is 5.83. The molecule has 0 saturated heterocycles. The smallest absolute Gasteiger partial charge is 0.0897 e. The van der Waals surface area contributed by atoms with Crippen LogP contribution in [-0.2, 0) is 13.1 Å². The highest BCUT2D eigenvalue weighted by molar-refractivity contribution is 9.10. The van der Waals surface area contributed by atoms with Crippen molar-refractivity contribution in [2.45, 2.75) is 20.0 Å². The quantitative estimate of drug-likeness (QED) is 0.910. The molecule has 0 aliphatic carbocycles. The molecule has 0 radical (unpaired) electrons. The average Bonchev–Trinajstić information content (AvgIpc) is 2.68. The number of aromatic nitrogens is 1. The Morgan fingerprint density at radius 2 is 2.24 bits per heavy atom. The van der Waals surface area contributed by atoms with Gasteiger partial charge in [-0.15, -0.1) is 11.3 Å². The third kappa shape index (κ3) is 3.78. The number of rotatable bonds is 4. The molecular weight excluding hydrogens is 320 g/mol. The predicted molar refractivity (Wildman–Crippen MR) is 76.5 cm³/mol. The van der Waals surface area contributed by atoms with E-state index in [1.165, 1.54) is 5.56 Å². The fourth-order valence-electron chi connectivity index (χ4n) is 1.48. The largest absolute Gasteiger partial charge is 0.307 e. The monoisotopic (exact) mass is 330 g/mol. The van der Waals surface area contributed by atoms with Crippen LogP contribution in [0.15, 0.2) is 28.1 Å². The standard InChI is InChI=1S/C12H12BrClN2S/c1-8-16-11(7-17-8)6-15-5-9-2-3-10(14)4-12(9)13/h2-4,7,15H,5-6H2,1H3. The van der Waals surface area contributed by atoms with Crippen LogP contribution < -0.4 is 5.32 Å². The highest BCUT2D eigenvalue weighted by Crippen LogP contribution is 2.21. The summed E-state index contributed by atoms with van der Waals surface area (Å²) in [5.74, 6) is 0. The molecule has 2 aromatic rings. The van der Waals surface area contributed by atoms with E-state index in [-0.39, 0.29) is 0 Å². The summed E-state index contributed by atoms with van der Waals surface area (Å²) < 4.78 is 1.03. The van der Waals surface area contributed by atoms with E-state index in [1.54, 1.807) is 11.3 Å². The summed E-state index contributed by atoms with van der Waals surface area (Å²) in [5, 5.41) is 7.30. The maximum atomic E-state index is 5.89.